The molecule has 0 aromatic carbocycles. The van der Waals surface area contributed by atoms with E-state index in [0.717, 1.165) is 5.92 Å². The summed E-state index contributed by atoms with van der Waals surface area (Å²) in [6.45, 7) is 3.75. The molecule has 0 heteroatoms. The summed E-state index contributed by atoms with van der Waals surface area (Å²) in [5.41, 5.74) is 2.81. The first-order valence-electron chi connectivity index (χ1n) is 4.09. The first-order chi connectivity index (χ1) is 5.38. The molecular weight excluding hydrogens is 132 g/mol. The summed E-state index contributed by atoms with van der Waals surface area (Å²) in [6.07, 6.45) is 13.3. The minimum Gasteiger partial charge on any atom is -0.0985 e. The molecule has 1 fully saturated rings. The maximum Gasteiger partial charge on any atom is -0.0155 e. The summed E-state index contributed by atoms with van der Waals surface area (Å²) in [4.78, 5) is 0. The minimum absolute atomic E-state index is 0.810. The predicted molar refractivity (Wildman–Crippen MR) is 48.2 cm³/mol. The van der Waals surface area contributed by atoms with Crippen LogP contribution in [-0.2, 0) is 0 Å². The van der Waals surface area contributed by atoms with Gasteiger partial charge in [-0.15, -0.1) is 0 Å². The average Bonchev–Trinajstić information content (AvgIpc) is 1.82. The van der Waals surface area contributed by atoms with Gasteiger partial charge in [-0.25, -0.2) is 0 Å². The monoisotopic (exact) mass is 144 g/mol. The van der Waals surface area contributed by atoms with Gasteiger partial charge in [0.2, 0.25) is 0 Å². The van der Waals surface area contributed by atoms with Crippen LogP contribution in [0.1, 0.15) is 12.8 Å². The van der Waals surface area contributed by atoms with Gasteiger partial charge in [-0.1, -0.05) is 42.5 Å². The van der Waals surface area contributed by atoms with Gasteiger partial charge < -0.3 is 0 Å². The summed E-state index contributed by atoms with van der Waals surface area (Å²) < 4.78 is 0. The number of fused-ring (bicyclic) bond motifs is 2. The third-order valence-electron chi connectivity index (χ3n) is 2.36. The van der Waals surface area contributed by atoms with Crippen LogP contribution < -0.4 is 0 Å². The van der Waals surface area contributed by atoms with Gasteiger partial charge >= 0.3 is 0 Å². The van der Waals surface area contributed by atoms with E-state index in [1.54, 1.807) is 5.57 Å². The van der Waals surface area contributed by atoms with E-state index in [9.17, 15) is 0 Å². The van der Waals surface area contributed by atoms with Crippen molar-refractivity contribution in [2.45, 2.75) is 12.8 Å². The van der Waals surface area contributed by atoms with Crippen molar-refractivity contribution in [2.24, 2.45) is 5.92 Å². The second kappa shape index (κ2) is 2.54. The van der Waals surface area contributed by atoms with Crippen LogP contribution in [0.4, 0.5) is 0 Å². The Morgan fingerprint density at radius 1 is 1.36 bits per heavy atom. The van der Waals surface area contributed by atoms with Crippen LogP contribution in [0.25, 0.3) is 0 Å². The molecule has 11 heavy (non-hydrogen) atoms. The van der Waals surface area contributed by atoms with Crippen LogP contribution >= 0.6 is 0 Å². The highest BCUT2D eigenvalue weighted by atomic mass is 14.2. The molecule has 3 aliphatic carbocycles. The Hall–Kier alpha value is -1.04. The van der Waals surface area contributed by atoms with Gasteiger partial charge in [0, 0.05) is 0 Å². The highest BCUT2D eigenvalue weighted by Crippen LogP contribution is 2.35. The molecule has 3 aliphatic rings. The average molecular weight is 144 g/mol. The fourth-order valence-corrected chi connectivity index (χ4v) is 1.54. The Balaban J connectivity index is 2.30. The van der Waals surface area contributed by atoms with Gasteiger partial charge in [0.25, 0.3) is 0 Å². The Labute approximate surface area is 67.6 Å². The molecule has 0 spiro atoms. The SMILES string of the molecule is C=CC1=C/C=C2CC(/C=C\1)C2. The van der Waals surface area contributed by atoms with E-state index in [-0.39, 0.29) is 0 Å². The fourth-order valence-electron chi connectivity index (χ4n) is 1.54. The zero-order valence-electron chi connectivity index (χ0n) is 6.59. The Morgan fingerprint density at radius 2 is 2.18 bits per heavy atom. The molecule has 1 saturated carbocycles. The lowest BCUT2D eigenvalue weighted by Crippen LogP contribution is -2.12. The predicted octanol–water partition coefficient (Wildman–Crippen LogP) is 3.01. The van der Waals surface area contributed by atoms with Crippen LogP contribution in [0.5, 0.6) is 0 Å². The summed E-state index contributed by atoms with van der Waals surface area (Å²) >= 11 is 0. The molecule has 0 saturated heterocycles. The molecule has 0 radical (unpaired) electrons. The normalized spacial score (nSPS) is 35.1. The fraction of sp³-hybridized carbons (Fsp3) is 0.273. The van der Waals surface area contributed by atoms with Crippen molar-refractivity contribution in [3.05, 3.63) is 48.1 Å². The smallest absolute Gasteiger partial charge is 0.0155 e. The Morgan fingerprint density at radius 3 is 2.91 bits per heavy atom. The lowest BCUT2D eigenvalue weighted by Gasteiger charge is -2.27. The maximum absolute atomic E-state index is 3.75. The summed E-state index contributed by atoms with van der Waals surface area (Å²) in [7, 11) is 0. The van der Waals surface area contributed by atoms with E-state index in [1.807, 2.05) is 6.08 Å². The van der Waals surface area contributed by atoms with E-state index in [2.05, 4.69) is 30.9 Å². The van der Waals surface area contributed by atoms with Crippen molar-refractivity contribution in [2.75, 3.05) is 0 Å². The van der Waals surface area contributed by atoms with Gasteiger partial charge in [-0.3, -0.25) is 0 Å². The molecule has 2 bridgehead atoms. The maximum atomic E-state index is 3.75. The Bertz CT molecular complexity index is 256. The van der Waals surface area contributed by atoms with E-state index >= 15 is 0 Å². The van der Waals surface area contributed by atoms with Gasteiger partial charge in [-0.05, 0) is 24.3 Å². The Kier molecular flexibility index (Phi) is 1.54. The summed E-state index contributed by atoms with van der Waals surface area (Å²) in [5.74, 6) is 0.810. The van der Waals surface area contributed by atoms with Crippen LogP contribution in [-0.4, -0.2) is 0 Å². The lowest BCUT2D eigenvalue weighted by atomic mass is 9.78. The second-order valence-electron chi connectivity index (χ2n) is 3.22. The quantitative estimate of drug-likeness (QED) is 0.530. The summed E-state index contributed by atoms with van der Waals surface area (Å²) in [5, 5.41) is 0. The molecule has 0 nitrogen and oxygen atoms in total. The molecule has 3 rings (SSSR count). The van der Waals surface area contributed by atoms with Crippen molar-refractivity contribution in [1.29, 1.82) is 0 Å². The number of hydrogen-bond donors (Lipinski definition) is 0. The van der Waals surface area contributed by atoms with Crippen molar-refractivity contribution < 1.29 is 0 Å². The number of rotatable bonds is 1. The molecule has 0 N–H and O–H groups in total. The van der Waals surface area contributed by atoms with Crippen LogP contribution in [0.15, 0.2) is 48.1 Å². The first kappa shape index (κ1) is 6.66. The zero-order valence-corrected chi connectivity index (χ0v) is 6.59. The van der Waals surface area contributed by atoms with Crippen LogP contribution in [0, 0.1) is 5.92 Å². The van der Waals surface area contributed by atoms with E-state index < -0.39 is 0 Å². The summed E-state index contributed by atoms with van der Waals surface area (Å²) in [6, 6.07) is 0. The molecule has 0 aliphatic heterocycles. The van der Waals surface area contributed by atoms with Crippen molar-refractivity contribution in [3.63, 3.8) is 0 Å². The van der Waals surface area contributed by atoms with Gasteiger partial charge in [-0.2, -0.15) is 0 Å². The highest BCUT2D eigenvalue weighted by Gasteiger charge is 2.20. The van der Waals surface area contributed by atoms with Crippen molar-refractivity contribution in [1.82, 2.24) is 0 Å². The molecule has 0 atom stereocenters. The first-order valence-corrected chi connectivity index (χ1v) is 4.09. The molecule has 0 heterocycles. The number of allylic oxidation sites excluding steroid dienone is 7. The largest absolute Gasteiger partial charge is 0.0985 e. The zero-order chi connectivity index (χ0) is 7.68. The molecule has 0 unspecified atom stereocenters. The number of hydrogen-bond acceptors (Lipinski definition) is 0. The molecule has 0 aromatic rings. The topological polar surface area (TPSA) is 0 Å². The molecule has 0 amide bonds. The van der Waals surface area contributed by atoms with Crippen molar-refractivity contribution >= 4 is 0 Å². The highest BCUT2D eigenvalue weighted by molar-refractivity contribution is 5.38. The lowest BCUT2D eigenvalue weighted by molar-refractivity contribution is 0.513. The second-order valence-corrected chi connectivity index (χ2v) is 3.22. The van der Waals surface area contributed by atoms with E-state index in [1.165, 1.54) is 18.4 Å². The minimum atomic E-state index is 0.810. The van der Waals surface area contributed by atoms with Crippen LogP contribution in [0.2, 0.25) is 0 Å². The van der Waals surface area contributed by atoms with E-state index in [4.69, 9.17) is 0 Å². The van der Waals surface area contributed by atoms with Gasteiger partial charge in [0.15, 0.2) is 0 Å². The van der Waals surface area contributed by atoms with Crippen molar-refractivity contribution in [3.8, 4) is 0 Å². The third kappa shape index (κ3) is 1.21. The third-order valence-corrected chi connectivity index (χ3v) is 2.36. The van der Waals surface area contributed by atoms with E-state index in [0.29, 0.717) is 0 Å². The molecular formula is C11H12. The molecule has 56 valence electrons. The van der Waals surface area contributed by atoms with Crippen LogP contribution in [0.3, 0.4) is 0 Å². The van der Waals surface area contributed by atoms with Gasteiger partial charge in [0.1, 0.15) is 0 Å². The standard InChI is InChI=1S/C11H12/c1-2-9-3-5-10-7-11(8-10)6-4-9/h2-6,10H,1,7-8H2/b5-3-,9-4-,11-6?. The molecule has 0 aromatic heterocycles. The van der Waals surface area contributed by atoms with Gasteiger partial charge in [0.05, 0.1) is 0 Å².